The van der Waals surface area contributed by atoms with Crippen LogP contribution < -0.4 is 4.90 Å². The van der Waals surface area contributed by atoms with Gasteiger partial charge in [0.25, 0.3) is 0 Å². The van der Waals surface area contributed by atoms with Gasteiger partial charge in [0.15, 0.2) is 0 Å². The van der Waals surface area contributed by atoms with Crippen LogP contribution in [0.1, 0.15) is 41.5 Å². The highest BCUT2D eigenvalue weighted by Crippen LogP contribution is 2.28. The summed E-state index contributed by atoms with van der Waals surface area (Å²) >= 11 is 0. The molecule has 1 aliphatic heterocycles. The van der Waals surface area contributed by atoms with E-state index in [1.165, 1.54) is 22.4 Å². The van der Waals surface area contributed by atoms with Gasteiger partial charge in [-0.05, 0) is 56.7 Å². The van der Waals surface area contributed by atoms with E-state index in [0.717, 1.165) is 37.9 Å². The van der Waals surface area contributed by atoms with E-state index in [9.17, 15) is 4.79 Å². The van der Waals surface area contributed by atoms with E-state index < -0.39 is 0 Å². The molecule has 0 amide bonds. The largest absolute Gasteiger partial charge is 0.371 e. The summed E-state index contributed by atoms with van der Waals surface area (Å²) in [7, 11) is 0. The van der Waals surface area contributed by atoms with Gasteiger partial charge in [-0.3, -0.25) is 9.78 Å². The van der Waals surface area contributed by atoms with E-state index in [1.54, 1.807) is 0 Å². The number of hydrogen-bond acceptors (Lipinski definition) is 3. The number of nitrogens with zero attached hydrogens (tertiary/aromatic N) is 2. The molecule has 132 valence electrons. The molecule has 25 heavy (non-hydrogen) atoms. The van der Waals surface area contributed by atoms with Crippen LogP contribution in [0, 0.1) is 26.7 Å². The van der Waals surface area contributed by atoms with Crippen molar-refractivity contribution in [2.45, 2.75) is 46.5 Å². The Morgan fingerprint density at radius 2 is 1.88 bits per heavy atom. The van der Waals surface area contributed by atoms with Crippen LogP contribution in [0.15, 0.2) is 36.7 Å². The number of benzene rings is 1. The maximum atomic E-state index is 12.8. The van der Waals surface area contributed by atoms with Gasteiger partial charge in [0.2, 0.25) is 0 Å². The summed E-state index contributed by atoms with van der Waals surface area (Å²) < 4.78 is 0. The normalized spacial score (nSPS) is 18.0. The van der Waals surface area contributed by atoms with E-state index in [0.29, 0.717) is 12.2 Å². The molecular formula is C22H28N2O. The third-order valence-electron chi connectivity index (χ3n) is 5.24. The summed E-state index contributed by atoms with van der Waals surface area (Å²) in [6, 6.07) is 8.32. The third kappa shape index (κ3) is 4.28. The molecule has 3 heteroatoms. The van der Waals surface area contributed by atoms with Crippen molar-refractivity contribution in [2.24, 2.45) is 5.92 Å². The third-order valence-corrected chi connectivity index (χ3v) is 5.24. The summed E-state index contributed by atoms with van der Waals surface area (Å²) in [6.07, 6.45) is 7.47. The fourth-order valence-corrected chi connectivity index (χ4v) is 4.00. The number of rotatable bonds is 4. The number of aromatic nitrogens is 1. The summed E-state index contributed by atoms with van der Waals surface area (Å²) in [5, 5.41) is 0. The van der Waals surface area contributed by atoms with Crippen LogP contribution in [-0.2, 0) is 11.2 Å². The maximum absolute atomic E-state index is 12.8. The minimum atomic E-state index is 0.188. The van der Waals surface area contributed by atoms with Gasteiger partial charge in [-0.2, -0.15) is 0 Å². The number of Topliss-reactive ketones (excluding diaryl/α,β-unsaturated/α-hetero) is 1. The molecule has 0 aliphatic carbocycles. The summed E-state index contributed by atoms with van der Waals surface area (Å²) in [4.78, 5) is 19.5. The molecule has 2 heterocycles. The lowest BCUT2D eigenvalue weighted by Crippen LogP contribution is -2.26. The summed E-state index contributed by atoms with van der Waals surface area (Å²) in [6.45, 7) is 8.31. The van der Waals surface area contributed by atoms with Crippen LogP contribution in [0.4, 0.5) is 5.69 Å². The molecule has 0 N–H and O–H groups in total. The van der Waals surface area contributed by atoms with Crippen LogP contribution in [0.3, 0.4) is 0 Å². The zero-order valence-electron chi connectivity index (χ0n) is 15.6. The lowest BCUT2D eigenvalue weighted by atomic mass is 9.91. The van der Waals surface area contributed by atoms with Crippen molar-refractivity contribution < 1.29 is 4.79 Å². The van der Waals surface area contributed by atoms with Crippen LogP contribution >= 0.6 is 0 Å². The Labute approximate surface area is 151 Å². The number of carbonyl (C=O) groups is 1. The molecule has 1 aromatic carbocycles. The van der Waals surface area contributed by atoms with Crippen molar-refractivity contribution in [3.8, 4) is 0 Å². The summed E-state index contributed by atoms with van der Waals surface area (Å²) in [5.41, 5.74) is 6.13. The van der Waals surface area contributed by atoms with Crippen LogP contribution in [0.25, 0.3) is 0 Å². The van der Waals surface area contributed by atoms with E-state index in [4.69, 9.17) is 0 Å². The molecule has 1 atom stereocenters. The van der Waals surface area contributed by atoms with Gasteiger partial charge in [-0.25, -0.2) is 0 Å². The van der Waals surface area contributed by atoms with E-state index in [1.807, 2.05) is 18.5 Å². The Bertz CT molecular complexity index is 733. The maximum Gasteiger partial charge on any atom is 0.140 e. The first-order valence-electron chi connectivity index (χ1n) is 9.29. The van der Waals surface area contributed by atoms with Gasteiger partial charge in [0.05, 0.1) is 0 Å². The lowest BCUT2D eigenvalue weighted by Gasteiger charge is -2.26. The number of ketones is 1. The van der Waals surface area contributed by atoms with E-state index >= 15 is 0 Å². The molecule has 3 rings (SSSR count). The van der Waals surface area contributed by atoms with Crippen LogP contribution in [-0.4, -0.2) is 23.9 Å². The number of carbonyl (C=O) groups excluding carboxylic acids is 1. The molecule has 1 saturated heterocycles. The second-order valence-electron chi connectivity index (χ2n) is 7.37. The predicted molar refractivity (Wildman–Crippen MR) is 103 cm³/mol. The summed E-state index contributed by atoms with van der Waals surface area (Å²) in [5.74, 6) is 0.587. The highest BCUT2D eigenvalue weighted by Gasteiger charge is 2.24. The fourth-order valence-electron chi connectivity index (χ4n) is 4.00. The van der Waals surface area contributed by atoms with Gasteiger partial charge in [-0.1, -0.05) is 29.8 Å². The van der Waals surface area contributed by atoms with E-state index in [-0.39, 0.29) is 5.92 Å². The fraction of sp³-hybridized carbons (Fsp3) is 0.455. The van der Waals surface area contributed by atoms with Crippen molar-refractivity contribution in [1.29, 1.82) is 0 Å². The predicted octanol–water partition coefficient (Wildman–Crippen LogP) is 4.43. The number of hydrogen-bond donors (Lipinski definition) is 0. The van der Waals surface area contributed by atoms with E-state index in [2.05, 4.69) is 48.9 Å². The molecule has 3 nitrogen and oxygen atoms in total. The average molecular weight is 336 g/mol. The molecule has 0 bridgehead atoms. The van der Waals surface area contributed by atoms with Crippen LogP contribution in [0.5, 0.6) is 0 Å². The Balaban J connectivity index is 1.66. The second kappa shape index (κ2) is 7.81. The van der Waals surface area contributed by atoms with Gasteiger partial charge in [0.1, 0.15) is 5.78 Å². The molecule has 1 fully saturated rings. The van der Waals surface area contributed by atoms with Gasteiger partial charge in [0, 0.05) is 43.5 Å². The van der Waals surface area contributed by atoms with Crippen molar-refractivity contribution in [3.05, 3.63) is 58.9 Å². The van der Waals surface area contributed by atoms with Crippen molar-refractivity contribution >= 4 is 11.5 Å². The molecule has 0 radical (unpaired) electrons. The first kappa shape index (κ1) is 17.7. The van der Waals surface area contributed by atoms with Gasteiger partial charge >= 0.3 is 0 Å². The first-order chi connectivity index (χ1) is 12.0. The molecule has 1 unspecified atom stereocenters. The minimum absolute atomic E-state index is 0.188. The minimum Gasteiger partial charge on any atom is -0.371 e. The Morgan fingerprint density at radius 1 is 1.12 bits per heavy atom. The molecule has 0 spiro atoms. The zero-order chi connectivity index (χ0) is 17.8. The zero-order valence-corrected chi connectivity index (χ0v) is 15.6. The highest BCUT2D eigenvalue weighted by atomic mass is 16.1. The number of anilines is 1. The first-order valence-corrected chi connectivity index (χ1v) is 9.29. The Hall–Kier alpha value is -2.16. The van der Waals surface area contributed by atoms with Crippen molar-refractivity contribution in [1.82, 2.24) is 4.98 Å². The van der Waals surface area contributed by atoms with Gasteiger partial charge in [-0.15, -0.1) is 0 Å². The monoisotopic (exact) mass is 336 g/mol. The smallest absolute Gasteiger partial charge is 0.140 e. The molecular weight excluding hydrogens is 308 g/mol. The topological polar surface area (TPSA) is 33.2 Å². The Morgan fingerprint density at radius 3 is 2.60 bits per heavy atom. The average Bonchev–Trinajstić information content (AvgIpc) is 2.81. The van der Waals surface area contributed by atoms with Gasteiger partial charge < -0.3 is 4.90 Å². The SMILES string of the molecule is Cc1cccc(CC(=O)C2CCCN(c3c(C)cncc3C)CC2)c1. The lowest BCUT2D eigenvalue weighted by molar-refractivity contribution is -0.122. The number of pyridine rings is 1. The standard InChI is InChI=1S/C22H28N2O/c1-16-6-4-7-19(12-16)13-21(25)20-8-5-10-24(11-9-20)22-17(2)14-23-15-18(22)3/h4,6-7,12,14-15,20H,5,8-11,13H2,1-3H3. The quantitative estimate of drug-likeness (QED) is 0.828. The molecule has 0 saturated carbocycles. The Kier molecular flexibility index (Phi) is 5.52. The van der Waals surface area contributed by atoms with Crippen LogP contribution in [0.2, 0.25) is 0 Å². The highest BCUT2D eigenvalue weighted by molar-refractivity contribution is 5.83. The number of aryl methyl sites for hydroxylation is 3. The molecule has 1 aromatic heterocycles. The molecule has 1 aliphatic rings. The second-order valence-corrected chi connectivity index (χ2v) is 7.37. The van der Waals surface area contributed by atoms with Crippen molar-refractivity contribution in [3.63, 3.8) is 0 Å². The molecule has 2 aromatic rings. The van der Waals surface area contributed by atoms with Crippen molar-refractivity contribution in [2.75, 3.05) is 18.0 Å².